The molecule has 0 aromatic carbocycles. The summed E-state index contributed by atoms with van der Waals surface area (Å²) < 4.78 is 1.91. The van der Waals surface area contributed by atoms with E-state index < -0.39 is 5.97 Å². The highest BCUT2D eigenvalue weighted by atomic mass is 16.4. The van der Waals surface area contributed by atoms with Crippen LogP contribution in [-0.4, -0.2) is 32.6 Å². The minimum atomic E-state index is -0.867. The third kappa shape index (κ3) is 5.47. The van der Waals surface area contributed by atoms with Gasteiger partial charge in [-0.05, 0) is 12.8 Å². The lowest BCUT2D eigenvalue weighted by molar-refractivity contribution is -0.137. The Bertz CT molecular complexity index is 376. The van der Waals surface area contributed by atoms with Crippen molar-refractivity contribution in [2.45, 2.75) is 45.2 Å². The monoisotopic (exact) mass is 253 g/mol. The van der Waals surface area contributed by atoms with Crippen molar-refractivity contribution in [1.29, 1.82) is 0 Å². The summed E-state index contributed by atoms with van der Waals surface area (Å²) in [5.41, 5.74) is 0. The van der Waals surface area contributed by atoms with Crippen LogP contribution in [0.15, 0.2) is 18.7 Å². The Morgan fingerprint density at radius 1 is 1.44 bits per heavy atom. The number of nitrogens with one attached hydrogen (secondary N) is 1. The Balaban J connectivity index is 2.29. The van der Waals surface area contributed by atoms with E-state index in [4.69, 9.17) is 5.11 Å². The molecule has 0 aliphatic heterocycles. The van der Waals surface area contributed by atoms with E-state index in [0.717, 1.165) is 6.42 Å². The standard InChI is InChI=1S/C12H19N3O3/c1-2-10(8-15-7-6-13-9-15)14-11(16)4-3-5-12(17)18/h6-7,9-10H,2-5,8H2,1H3,(H,14,16)(H,17,18). The van der Waals surface area contributed by atoms with Crippen molar-refractivity contribution in [3.63, 3.8) is 0 Å². The van der Waals surface area contributed by atoms with Crippen LogP contribution in [0.25, 0.3) is 0 Å². The van der Waals surface area contributed by atoms with Crippen molar-refractivity contribution in [2.75, 3.05) is 0 Å². The molecule has 1 amide bonds. The van der Waals surface area contributed by atoms with Crippen LogP contribution in [0.1, 0.15) is 32.6 Å². The van der Waals surface area contributed by atoms with E-state index >= 15 is 0 Å². The normalized spacial score (nSPS) is 12.1. The molecule has 1 atom stereocenters. The molecular formula is C12H19N3O3. The van der Waals surface area contributed by atoms with E-state index in [1.165, 1.54) is 0 Å². The van der Waals surface area contributed by atoms with Crippen molar-refractivity contribution in [3.8, 4) is 0 Å². The van der Waals surface area contributed by atoms with Gasteiger partial charge in [-0.2, -0.15) is 0 Å². The van der Waals surface area contributed by atoms with Gasteiger partial charge in [-0.3, -0.25) is 9.59 Å². The molecule has 0 saturated carbocycles. The minimum absolute atomic E-state index is 0.0335. The SMILES string of the molecule is CCC(Cn1ccnc1)NC(=O)CCCC(=O)O. The average Bonchev–Trinajstić information content (AvgIpc) is 2.80. The van der Waals surface area contributed by atoms with Crippen LogP contribution < -0.4 is 5.32 Å². The summed E-state index contributed by atoms with van der Waals surface area (Å²) in [6.45, 7) is 2.68. The second kappa shape index (κ2) is 7.47. The van der Waals surface area contributed by atoms with E-state index in [-0.39, 0.29) is 24.8 Å². The fourth-order valence-electron chi connectivity index (χ4n) is 1.63. The maximum Gasteiger partial charge on any atom is 0.303 e. The number of aromatic nitrogens is 2. The molecule has 0 bridgehead atoms. The molecule has 1 heterocycles. The third-order valence-electron chi connectivity index (χ3n) is 2.64. The number of carbonyl (C=O) groups excluding carboxylic acids is 1. The molecule has 2 N–H and O–H groups in total. The van der Waals surface area contributed by atoms with Crippen LogP contribution >= 0.6 is 0 Å². The molecule has 0 aliphatic rings. The first-order valence-electron chi connectivity index (χ1n) is 6.08. The molecule has 1 rings (SSSR count). The lowest BCUT2D eigenvalue weighted by atomic mass is 10.2. The van der Waals surface area contributed by atoms with Crippen molar-refractivity contribution >= 4 is 11.9 Å². The predicted molar refractivity (Wildman–Crippen MR) is 65.9 cm³/mol. The van der Waals surface area contributed by atoms with Gasteiger partial charge in [-0.25, -0.2) is 4.98 Å². The zero-order valence-electron chi connectivity index (χ0n) is 10.5. The number of nitrogens with zero attached hydrogens (tertiary/aromatic N) is 2. The Morgan fingerprint density at radius 2 is 2.22 bits per heavy atom. The quantitative estimate of drug-likeness (QED) is 0.724. The fraction of sp³-hybridized carbons (Fsp3) is 0.583. The molecule has 0 fully saturated rings. The van der Waals surface area contributed by atoms with Gasteiger partial charge in [0.2, 0.25) is 5.91 Å². The maximum absolute atomic E-state index is 11.6. The number of rotatable bonds is 8. The second-order valence-corrected chi connectivity index (χ2v) is 4.18. The van der Waals surface area contributed by atoms with E-state index in [2.05, 4.69) is 10.3 Å². The van der Waals surface area contributed by atoms with Gasteiger partial charge in [0.05, 0.1) is 6.33 Å². The summed E-state index contributed by atoms with van der Waals surface area (Å²) in [4.78, 5) is 25.9. The summed E-state index contributed by atoms with van der Waals surface area (Å²) in [7, 11) is 0. The molecular weight excluding hydrogens is 234 g/mol. The number of hydrogen-bond donors (Lipinski definition) is 2. The highest BCUT2D eigenvalue weighted by Gasteiger charge is 2.11. The lowest BCUT2D eigenvalue weighted by Gasteiger charge is -2.17. The Kier molecular flexibility index (Phi) is 5.90. The van der Waals surface area contributed by atoms with Gasteiger partial charge in [0.15, 0.2) is 0 Å². The Labute approximate surface area is 106 Å². The molecule has 1 aromatic rings. The summed E-state index contributed by atoms with van der Waals surface area (Å²) in [6, 6.07) is 0.0523. The highest BCUT2D eigenvalue weighted by molar-refractivity contribution is 5.77. The largest absolute Gasteiger partial charge is 0.481 e. The second-order valence-electron chi connectivity index (χ2n) is 4.18. The van der Waals surface area contributed by atoms with Gasteiger partial charge >= 0.3 is 5.97 Å². The average molecular weight is 253 g/mol. The minimum Gasteiger partial charge on any atom is -0.481 e. The zero-order chi connectivity index (χ0) is 13.4. The van der Waals surface area contributed by atoms with Gasteiger partial charge in [0.1, 0.15) is 0 Å². The molecule has 6 nitrogen and oxygen atoms in total. The maximum atomic E-state index is 11.6. The van der Waals surface area contributed by atoms with Crippen molar-refractivity contribution in [1.82, 2.24) is 14.9 Å². The first-order valence-corrected chi connectivity index (χ1v) is 6.08. The van der Waals surface area contributed by atoms with Crippen molar-refractivity contribution in [3.05, 3.63) is 18.7 Å². The summed E-state index contributed by atoms with van der Waals surface area (Å²) in [5, 5.41) is 11.4. The van der Waals surface area contributed by atoms with Gasteiger partial charge in [0, 0.05) is 37.8 Å². The number of hydrogen-bond acceptors (Lipinski definition) is 3. The van der Waals surface area contributed by atoms with Crippen LogP contribution in [0, 0.1) is 0 Å². The Hall–Kier alpha value is -1.85. The number of amides is 1. The Morgan fingerprint density at radius 3 is 2.78 bits per heavy atom. The molecule has 100 valence electrons. The first-order chi connectivity index (χ1) is 8.61. The van der Waals surface area contributed by atoms with E-state index in [1.807, 2.05) is 17.7 Å². The molecule has 0 aliphatic carbocycles. The summed E-state index contributed by atoms with van der Waals surface area (Å²) >= 11 is 0. The number of carboxylic acids is 1. The fourth-order valence-corrected chi connectivity index (χ4v) is 1.63. The van der Waals surface area contributed by atoms with E-state index in [1.54, 1.807) is 12.5 Å². The number of aliphatic carboxylic acids is 1. The number of carboxylic acid groups (broad SMARTS) is 1. The van der Waals surface area contributed by atoms with Crippen molar-refractivity contribution < 1.29 is 14.7 Å². The molecule has 1 unspecified atom stereocenters. The van der Waals surface area contributed by atoms with Gasteiger partial charge < -0.3 is 15.0 Å². The molecule has 1 aromatic heterocycles. The molecule has 0 spiro atoms. The van der Waals surface area contributed by atoms with Crippen molar-refractivity contribution in [2.24, 2.45) is 0 Å². The van der Waals surface area contributed by atoms with Crippen LogP contribution in [0.5, 0.6) is 0 Å². The zero-order valence-corrected chi connectivity index (χ0v) is 10.5. The smallest absolute Gasteiger partial charge is 0.303 e. The molecule has 0 radical (unpaired) electrons. The molecule has 18 heavy (non-hydrogen) atoms. The third-order valence-corrected chi connectivity index (χ3v) is 2.64. The van der Waals surface area contributed by atoms with Gasteiger partial charge in [0.25, 0.3) is 0 Å². The molecule has 0 saturated heterocycles. The highest BCUT2D eigenvalue weighted by Crippen LogP contribution is 2.00. The summed E-state index contributed by atoms with van der Waals surface area (Å²) in [6.07, 6.45) is 6.74. The first kappa shape index (κ1) is 14.2. The predicted octanol–water partition coefficient (Wildman–Crippen LogP) is 1.03. The number of carbonyl (C=O) groups is 2. The summed E-state index contributed by atoms with van der Waals surface area (Å²) in [5.74, 6) is -0.962. The number of imidazole rings is 1. The van der Waals surface area contributed by atoms with Crippen LogP contribution in [-0.2, 0) is 16.1 Å². The van der Waals surface area contributed by atoms with Crippen LogP contribution in [0.4, 0.5) is 0 Å². The van der Waals surface area contributed by atoms with E-state index in [0.29, 0.717) is 13.0 Å². The van der Waals surface area contributed by atoms with E-state index in [9.17, 15) is 9.59 Å². The lowest BCUT2D eigenvalue weighted by Crippen LogP contribution is -2.37. The van der Waals surface area contributed by atoms with Crippen LogP contribution in [0.3, 0.4) is 0 Å². The van der Waals surface area contributed by atoms with Gasteiger partial charge in [-0.1, -0.05) is 6.92 Å². The topological polar surface area (TPSA) is 84.2 Å². The van der Waals surface area contributed by atoms with Gasteiger partial charge in [-0.15, -0.1) is 0 Å². The van der Waals surface area contributed by atoms with Crippen LogP contribution in [0.2, 0.25) is 0 Å². The molecule has 6 heteroatoms.